The summed E-state index contributed by atoms with van der Waals surface area (Å²) in [7, 11) is 3.96. The number of rotatable bonds is 5. The highest BCUT2D eigenvalue weighted by Crippen LogP contribution is 2.27. The molecule has 14 heavy (non-hydrogen) atoms. The molecule has 0 aromatic carbocycles. The lowest BCUT2D eigenvalue weighted by Gasteiger charge is -2.22. The molecule has 0 amide bonds. The van der Waals surface area contributed by atoms with Gasteiger partial charge in [-0.05, 0) is 32.0 Å². The number of thiophene rings is 1. The number of carbonyl (C=O) groups is 1. The van der Waals surface area contributed by atoms with Crippen LogP contribution in [0, 0.1) is 0 Å². The highest BCUT2D eigenvalue weighted by atomic mass is 32.1. The maximum Gasteiger partial charge on any atom is 0.303 e. The average Bonchev–Trinajstić information content (AvgIpc) is 2.56. The summed E-state index contributed by atoms with van der Waals surface area (Å²) in [4.78, 5) is 13.8. The zero-order chi connectivity index (χ0) is 10.6. The van der Waals surface area contributed by atoms with E-state index in [1.807, 2.05) is 25.5 Å². The van der Waals surface area contributed by atoms with Crippen LogP contribution in [0.4, 0.5) is 0 Å². The summed E-state index contributed by atoms with van der Waals surface area (Å²) in [6, 6.07) is 4.28. The number of carboxylic acids is 1. The zero-order valence-corrected chi connectivity index (χ0v) is 9.25. The Balaban J connectivity index is 2.61. The normalized spacial score (nSPS) is 13.1. The molecule has 78 valence electrons. The molecule has 0 aliphatic carbocycles. The summed E-state index contributed by atoms with van der Waals surface area (Å²) in [6.07, 6.45) is 0.892. The Hall–Kier alpha value is -0.870. The fraction of sp³-hybridized carbons (Fsp3) is 0.500. The van der Waals surface area contributed by atoms with Gasteiger partial charge in [0.25, 0.3) is 0 Å². The van der Waals surface area contributed by atoms with Gasteiger partial charge < -0.3 is 10.0 Å². The van der Waals surface area contributed by atoms with Crippen LogP contribution in [-0.4, -0.2) is 30.1 Å². The van der Waals surface area contributed by atoms with Crippen LogP contribution in [-0.2, 0) is 4.79 Å². The Bertz CT molecular complexity index is 282. The van der Waals surface area contributed by atoms with Crippen molar-refractivity contribution < 1.29 is 9.90 Å². The first-order chi connectivity index (χ1) is 6.61. The van der Waals surface area contributed by atoms with Gasteiger partial charge in [0.05, 0.1) is 0 Å². The molecule has 1 heterocycles. The molecule has 0 saturated heterocycles. The summed E-state index contributed by atoms with van der Waals surface area (Å²) >= 11 is 1.68. The quantitative estimate of drug-likeness (QED) is 0.815. The van der Waals surface area contributed by atoms with Gasteiger partial charge >= 0.3 is 5.97 Å². The van der Waals surface area contributed by atoms with E-state index >= 15 is 0 Å². The molecule has 0 bridgehead atoms. The fourth-order valence-corrected chi connectivity index (χ4v) is 2.35. The van der Waals surface area contributed by atoms with E-state index < -0.39 is 5.97 Å². The Morgan fingerprint density at radius 2 is 2.36 bits per heavy atom. The second-order valence-electron chi connectivity index (χ2n) is 3.43. The van der Waals surface area contributed by atoms with Gasteiger partial charge in [0, 0.05) is 17.3 Å². The average molecular weight is 213 g/mol. The summed E-state index contributed by atoms with van der Waals surface area (Å²) in [5, 5.41) is 10.6. The van der Waals surface area contributed by atoms with Gasteiger partial charge in [-0.1, -0.05) is 6.07 Å². The monoisotopic (exact) mass is 213 g/mol. The van der Waals surface area contributed by atoms with Crippen molar-refractivity contribution in [1.29, 1.82) is 0 Å². The molecule has 1 aromatic heterocycles. The maximum absolute atomic E-state index is 10.5. The highest BCUT2D eigenvalue weighted by molar-refractivity contribution is 7.10. The van der Waals surface area contributed by atoms with Crippen LogP contribution in [0.3, 0.4) is 0 Å². The first kappa shape index (κ1) is 11.2. The Morgan fingerprint density at radius 3 is 2.79 bits per heavy atom. The molecule has 1 atom stereocenters. The number of hydrogen-bond acceptors (Lipinski definition) is 3. The molecule has 4 heteroatoms. The van der Waals surface area contributed by atoms with E-state index in [1.54, 1.807) is 11.3 Å². The number of hydrogen-bond donors (Lipinski definition) is 1. The number of nitrogens with zero attached hydrogens (tertiary/aromatic N) is 1. The molecule has 0 fully saturated rings. The molecule has 0 aliphatic heterocycles. The van der Waals surface area contributed by atoms with Gasteiger partial charge in [-0.2, -0.15) is 0 Å². The number of carboxylic acid groups (broad SMARTS) is 1. The first-order valence-electron chi connectivity index (χ1n) is 4.53. The van der Waals surface area contributed by atoms with Crippen LogP contribution < -0.4 is 0 Å². The zero-order valence-electron chi connectivity index (χ0n) is 8.43. The minimum Gasteiger partial charge on any atom is -0.481 e. The van der Waals surface area contributed by atoms with E-state index in [4.69, 9.17) is 5.11 Å². The molecule has 1 N–H and O–H groups in total. The highest BCUT2D eigenvalue weighted by Gasteiger charge is 2.15. The third-order valence-corrected chi connectivity index (χ3v) is 3.10. The fourth-order valence-electron chi connectivity index (χ4n) is 1.40. The summed E-state index contributed by atoms with van der Waals surface area (Å²) < 4.78 is 0. The molecule has 3 nitrogen and oxygen atoms in total. The van der Waals surface area contributed by atoms with E-state index in [2.05, 4.69) is 11.0 Å². The smallest absolute Gasteiger partial charge is 0.303 e. The maximum atomic E-state index is 10.5. The molecular weight excluding hydrogens is 198 g/mol. The van der Waals surface area contributed by atoms with Crippen LogP contribution in [0.1, 0.15) is 23.8 Å². The second kappa shape index (κ2) is 5.12. The predicted octanol–water partition coefficient (Wildman–Crippen LogP) is 2.22. The van der Waals surface area contributed by atoms with Crippen molar-refractivity contribution in [3.05, 3.63) is 22.4 Å². The summed E-state index contributed by atoms with van der Waals surface area (Å²) in [5.41, 5.74) is 0. The SMILES string of the molecule is CN(C)C(CCC(=O)O)c1cccs1. The van der Waals surface area contributed by atoms with Gasteiger partial charge in [-0.25, -0.2) is 0 Å². The van der Waals surface area contributed by atoms with Crippen molar-refractivity contribution in [2.45, 2.75) is 18.9 Å². The van der Waals surface area contributed by atoms with Gasteiger partial charge in [0.1, 0.15) is 0 Å². The Morgan fingerprint density at radius 1 is 1.64 bits per heavy atom. The first-order valence-corrected chi connectivity index (χ1v) is 5.41. The summed E-state index contributed by atoms with van der Waals surface area (Å²) in [6.45, 7) is 0. The second-order valence-corrected chi connectivity index (χ2v) is 4.41. The topological polar surface area (TPSA) is 40.5 Å². The third kappa shape index (κ3) is 3.12. The van der Waals surface area contributed by atoms with E-state index in [0.717, 1.165) is 0 Å². The molecule has 0 aliphatic rings. The van der Waals surface area contributed by atoms with E-state index in [0.29, 0.717) is 6.42 Å². The van der Waals surface area contributed by atoms with Crippen molar-refractivity contribution in [1.82, 2.24) is 4.90 Å². The lowest BCUT2D eigenvalue weighted by atomic mass is 10.1. The third-order valence-electron chi connectivity index (χ3n) is 2.13. The van der Waals surface area contributed by atoms with Gasteiger partial charge in [0.2, 0.25) is 0 Å². The van der Waals surface area contributed by atoms with E-state index in [1.165, 1.54) is 4.88 Å². The molecule has 0 saturated carbocycles. The molecular formula is C10H15NO2S. The van der Waals surface area contributed by atoms with Crippen LogP contribution in [0.25, 0.3) is 0 Å². The molecule has 1 unspecified atom stereocenters. The van der Waals surface area contributed by atoms with Crippen LogP contribution >= 0.6 is 11.3 Å². The van der Waals surface area contributed by atoms with Crippen molar-refractivity contribution in [3.63, 3.8) is 0 Å². The Kier molecular flexibility index (Phi) is 4.10. The van der Waals surface area contributed by atoms with Crippen molar-refractivity contribution in [3.8, 4) is 0 Å². The van der Waals surface area contributed by atoms with Crippen LogP contribution in [0.2, 0.25) is 0 Å². The minimum absolute atomic E-state index is 0.223. The Labute approximate surface area is 88.0 Å². The molecule has 1 aromatic rings. The van der Waals surface area contributed by atoms with Gasteiger partial charge in [-0.3, -0.25) is 4.79 Å². The van der Waals surface area contributed by atoms with Crippen molar-refractivity contribution in [2.24, 2.45) is 0 Å². The largest absolute Gasteiger partial charge is 0.481 e. The van der Waals surface area contributed by atoms with Crippen LogP contribution in [0.15, 0.2) is 17.5 Å². The van der Waals surface area contributed by atoms with E-state index in [9.17, 15) is 4.79 Å². The van der Waals surface area contributed by atoms with Crippen molar-refractivity contribution in [2.75, 3.05) is 14.1 Å². The molecule has 1 rings (SSSR count). The van der Waals surface area contributed by atoms with Gasteiger partial charge in [0.15, 0.2) is 0 Å². The van der Waals surface area contributed by atoms with Gasteiger partial charge in [-0.15, -0.1) is 11.3 Å². The van der Waals surface area contributed by atoms with E-state index in [-0.39, 0.29) is 12.5 Å². The lowest BCUT2D eigenvalue weighted by Crippen LogP contribution is -2.19. The standard InChI is InChI=1S/C10H15NO2S/c1-11(2)8(5-6-10(12)13)9-4-3-7-14-9/h3-4,7-8H,5-6H2,1-2H3,(H,12,13). The predicted molar refractivity (Wildman–Crippen MR) is 57.6 cm³/mol. The molecule has 0 spiro atoms. The number of aliphatic carboxylic acids is 1. The minimum atomic E-state index is -0.728. The van der Waals surface area contributed by atoms with Crippen molar-refractivity contribution >= 4 is 17.3 Å². The lowest BCUT2D eigenvalue weighted by molar-refractivity contribution is -0.137. The summed E-state index contributed by atoms with van der Waals surface area (Å²) in [5.74, 6) is -0.728. The van der Waals surface area contributed by atoms with Crippen LogP contribution in [0.5, 0.6) is 0 Å². The molecule has 0 radical (unpaired) electrons.